The van der Waals surface area contributed by atoms with Crippen LogP contribution in [0.15, 0.2) is 58.6 Å². The number of nitrogen functional groups attached to an aromatic ring is 3. The van der Waals surface area contributed by atoms with Crippen LogP contribution in [0, 0.1) is 45.8 Å². The summed E-state index contributed by atoms with van der Waals surface area (Å²) in [7, 11) is -59.0. The number of H-pyrrole nitrogens is 1. The number of thioether (sulfide) groups is 1. The van der Waals surface area contributed by atoms with Gasteiger partial charge in [-0.1, -0.05) is 11.8 Å². The SMILES string of the molecule is CSc1nc(N)c2ncn([C@H]3[C@H](O)[C@H](O)[C@@]4(COP(=O)(O)OP(=O)(O)O)C[C@H]34)c2n1.Nc1ncnc2c1ncn2[C@@]12C[C@H]1[C@H](COP(=O)(O)OP(=O)(O)OP(=O)(O)O)[C@@H](O)[C@H]2O.Nc1ncnc2c1ncn2[C@H]1[C@H](O)[C@H](O)[C@@]2(COP(=O)(O)OP(=O)(O)CP(=O)(O)O)C[C@H]12.O=c1ccn([C@H]2[C@H](O)[C@H](O)[C@@]3(COP(=O)(O)OP(=O)(O)OP(=O)(O)O)C[C@H]23)c(=O)[nH]1. The van der Waals surface area contributed by atoms with E-state index < -0.39 is 242 Å². The number of phosphoric ester groups is 4. The monoisotopic (exact) mass is 2010 g/mol. The summed E-state index contributed by atoms with van der Waals surface area (Å²) >= 11 is 1.27. The molecule has 7 aromatic rings. The van der Waals surface area contributed by atoms with Crippen LogP contribution in [0.2, 0.25) is 0 Å². The topological polar surface area (TPSA) is 1010 Å². The zero-order valence-corrected chi connectivity index (χ0v) is 72.3. The first-order valence-electron chi connectivity index (χ1n) is 34.3. The summed E-state index contributed by atoms with van der Waals surface area (Å²) in [4.78, 5) is 197. The number of nitrogens with two attached hydrogens (primary N) is 3. The zero-order valence-electron chi connectivity index (χ0n) is 61.7. The largest absolute Gasteiger partial charge is 0.490 e. The van der Waals surface area contributed by atoms with Gasteiger partial charge < -0.3 is 145 Å². The maximum atomic E-state index is 12.1. The fraction of sp³-hybridized carbons (Fsp3) is 0.612. The van der Waals surface area contributed by atoms with Crippen LogP contribution in [0.4, 0.5) is 17.5 Å². The number of aromatic nitrogens is 14. The van der Waals surface area contributed by atoms with Crippen LogP contribution >= 0.6 is 97.4 Å². The molecule has 0 bridgehead atoms. The maximum Gasteiger partial charge on any atom is 0.490 e. The van der Waals surface area contributed by atoms with Gasteiger partial charge in [-0.3, -0.25) is 41.6 Å². The fourth-order valence-electron chi connectivity index (χ4n) is 16.3. The standard InChI is InChI=1S/C13H20N5O11P3.C13H19N5O9P2S.C12H18N5O12P3.C11H17N2O14P3/c14-11-7-12(16-3-15-11)18(4-17-7)8-6-1-13(6,10(20)9(8)19)2-28-32(26,27)29-31(24,25)5-30(21,22)23;1-30-12-16-10(14)6-11(17-12)18(4-15-6)7-5-2-13(5,9(20)8(7)19)3-26-29(24,25)27-28(21,22)23;13-10-7-11(15-3-14-10)17(4-16-7)12-1-6(12)5(8(18)9(12)19)2-27-31(23,24)29-32(25,26)28-30(20,21)22;14-6-1-2-13(10(17)12-6)7-5-3-11(5,9(16)8(7)15)4-25-29(21,22)27-30(23,24)26-28(18,19)20/h3-4,6,8-10,19-20H,1-2,5H2,(H,24,25)(H,26,27)(H2,14,15,16)(H2,21,22,23);4-5,7-9,19-20H,2-3H2,1H3,(H,24,25)(H2,14,16,17)(H2,21,22,23);3-6,8-9,18-19H,1-2H2,(H,23,24)(H,25,26)(H2,13,14,15)(H2,20,21,22);1-2,5,7-9,15-16H,3-4H2,(H,21,22)(H,23,24)(H,12,14,17)(H2,18,19,20)/t6-,8-,9+,10+,13-;5-,7-,8+,9+,13-;5-,6-,8+,9+,12-;5-,7-,8+,9+,11-/m1101/s1. The lowest BCUT2D eigenvalue weighted by Gasteiger charge is -2.24. The van der Waals surface area contributed by atoms with E-state index in [4.69, 9.17) is 70.3 Å². The third kappa shape index (κ3) is 20.8. The number of fused-ring (bicyclic) bond motifs is 7. The van der Waals surface area contributed by atoms with E-state index in [1.807, 2.05) is 4.98 Å². The molecule has 63 nitrogen and oxygen atoms in total. The van der Waals surface area contributed by atoms with Crippen molar-refractivity contribution in [2.45, 2.75) is 103 Å². The Bertz CT molecular complexity index is 6010. The number of phosphoric acid groups is 9. The molecule has 692 valence electrons. The van der Waals surface area contributed by atoms with E-state index in [1.54, 1.807) is 10.8 Å². The van der Waals surface area contributed by atoms with Gasteiger partial charge in [0.1, 0.15) is 53.6 Å². The summed E-state index contributed by atoms with van der Waals surface area (Å²) in [5.74, 6) is -4.16. The van der Waals surface area contributed by atoms with Crippen molar-refractivity contribution in [1.29, 1.82) is 0 Å². The molecule has 7 heterocycles. The molecule has 0 saturated heterocycles. The highest BCUT2D eigenvalue weighted by Gasteiger charge is 2.76. The normalized spacial score (nSPS) is 33.7. The van der Waals surface area contributed by atoms with E-state index in [1.165, 1.54) is 52.5 Å². The molecule has 8 saturated carbocycles. The predicted molar refractivity (Wildman–Crippen MR) is 401 cm³/mol. The number of nitrogens with one attached hydrogen (secondary N) is 1. The molecule has 0 aromatic carbocycles. The number of anilines is 3. The molecule has 8 aliphatic rings. The molecule has 0 radical (unpaired) electrons. The van der Waals surface area contributed by atoms with E-state index in [2.05, 4.69) is 79.8 Å². The second kappa shape index (κ2) is 34.2. The average molecular weight is 2010 g/mol. The highest BCUT2D eigenvalue weighted by Crippen LogP contribution is 2.75. The number of imidazole rings is 3. The first kappa shape index (κ1) is 98.3. The first-order valence-corrected chi connectivity index (χ1v) is 52.7. The van der Waals surface area contributed by atoms with Gasteiger partial charge >= 0.3 is 91.3 Å². The first-order chi connectivity index (χ1) is 56.8. The summed E-state index contributed by atoms with van der Waals surface area (Å²) < 4.78 is 172. The molecule has 0 aliphatic heterocycles. The molecule has 124 heavy (non-hydrogen) atoms. The predicted octanol–water partition coefficient (Wildman–Crippen LogP) is -4.23. The van der Waals surface area contributed by atoms with Gasteiger partial charge in [0.15, 0.2) is 45.5 Å². The fourth-order valence-corrected chi connectivity index (χ4v) is 28.9. The van der Waals surface area contributed by atoms with Gasteiger partial charge in [0, 0.05) is 34.4 Å². The van der Waals surface area contributed by atoms with Crippen molar-refractivity contribution in [3.63, 3.8) is 0 Å². The summed E-state index contributed by atoms with van der Waals surface area (Å²) in [5, 5.41) is 84.7. The zero-order chi connectivity index (χ0) is 92.1. The van der Waals surface area contributed by atoms with Gasteiger partial charge in [-0.25, -0.2) is 95.0 Å². The van der Waals surface area contributed by atoms with Crippen molar-refractivity contribution in [1.82, 2.24) is 68.1 Å². The summed E-state index contributed by atoms with van der Waals surface area (Å²) in [6.45, 7) is -2.69. The quantitative estimate of drug-likeness (QED) is 0.0111. The minimum atomic E-state index is -5.70. The van der Waals surface area contributed by atoms with Crippen molar-refractivity contribution in [2.75, 3.05) is 55.8 Å². The van der Waals surface area contributed by atoms with Gasteiger partial charge in [0.2, 0.25) is 0 Å². The van der Waals surface area contributed by atoms with Crippen LogP contribution in [-0.4, -0.2) is 270 Å². The Morgan fingerprint density at radius 2 is 0.839 bits per heavy atom. The summed E-state index contributed by atoms with van der Waals surface area (Å²) in [6, 6.07) is -1.40. The molecule has 27 atom stereocenters. The van der Waals surface area contributed by atoms with Crippen molar-refractivity contribution in [3.05, 3.63) is 64.7 Å². The Kier molecular flexibility index (Phi) is 27.1. The Morgan fingerprint density at radius 3 is 1.28 bits per heavy atom. The number of rotatable bonds is 31. The van der Waals surface area contributed by atoms with Crippen LogP contribution in [0.25, 0.3) is 33.5 Å². The Morgan fingerprint density at radius 1 is 0.444 bits per heavy atom. The highest BCUT2D eigenvalue weighted by molar-refractivity contribution is 7.98. The Hall–Kier alpha value is -4.71. The van der Waals surface area contributed by atoms with Gasteiger partial charge in [-0.15, -0.1) is 0 Å². The second-order valence-electron chi connectivity index (χ2n) is 29.2. The molecule has 7 aromatic heterocycles. The van der Waals surface area contributed by atoms with Crippen LogP contribution in [0.3, 0.4) is 0 Å². The van der Waals surface area contributed by atoms with Crippen LogP contribution < -0.4 is 28.5 Å². The maximum absolute atomic E-state index is 12.1. The highest BCUT2D eigenvalue weighted by atomic mass is 32.2. The van der Waals surface area contributed by atoms with E-state index in [-0.39, 0.29) is 41.7 Å². The molecule has 8 aliphatic carbocycles. The smallest absolute Gasteiger partial charge is 0.390 e. The molecule has 8 fully saturated rings. The van der Waals surface area contributed by atoms with Crippen LogP contribution in [-0.2, 0) is 99.7 Å². The minimum Gasteiger partial charge on any atom is -0.390 e. The van der Waals surface area contributed by atoms with Crippen LogP contribution in [0.5, 0.6) is 0 Å². The minimum absolute atomic E-state index is 0.108. The third-order valence-corrected chi connectivity index (χ3v) is 37.0. The van der Waals surface area contributed by atoms with E-state index in [0.717, 1.165) is 16.8 Å². The van der Waals surface area contributed by atoms with Crippen molar-refractivity contribution < 1.29 is 208 Å². The number of hydrogen-bond acceptors (Lipinski definition) is 44. The van der Waals surface area contributed by atoms with Gasteiger partial charge in [-0.05, 0) is 55.6 Å². The summed E-state index contributed by atoms with van der Waals surface area (Å²) in [6.07, 6.45) is -0.731. The van der Waals surface area contributed by atoms with E-state index in [0.29, 0.717) is 46.0 Å². The van der Waals surface area contributed by atoms with Crippen LogP contribution in [0.1, 0.15) is 43.8 Å². The van der Waals surface area contributed by atoms with Crippen molar-refractivity contribution >= 4 is 148 Å². The molecule has 0 amide bonds. The van der Waals surface area contributed by atoms with Gasteiger partial charge in [0.05, 0.1) is 93.5 Å². The van der Waals surface area contributed by atoms with Crippen molar-refractivity contribution in [2.24, 2.45) is 45.8 Å². The number of nitrogens with zero attached hydrogens (tertiary/aromatic N) is 13. The lowest BCUT2D eigenvalue weighted by Crippen LogP contribution is -2.40. The molecular formula is C49H74N17O46P11S. The number of aliphatic hydroxyl groups is 8. The third-order valence-electron chi connectivity index (χ3n) is 21.6. The average Bonchev–Trinajstić information content (AvgIpc) is 1.47. The van der Waals surface area contributed by atoms with E-state index in [9.17, 15) is 130 Å². The summed E-state index contributed by atoms with van der Waals surface area (Å²) in [5.41, 5.74) is 13.1. The molecule has 30 N–H and O–H groups in total. The molecular weight excluding hydrogens is 1940 g/mol. The molecule has 15 rings (SSSR count). The number of aliphatic hydroxyl groups excluding tert-OH is 8. The van der Waals surface area contributed by atoms with Gasteiger partial charge in [-0.2, -0.15) is 21.6 Å². The second-order valence-corrected chi connectivity index (χ2v) is 47.2. The Labute approximate surface area is 691 Å². The van der Waals surface area contributed by atoms with Gasteiger partial charge in [0.25, 0.3) is 5.56 Å². The lowest BCUT2D eigenvalue weighted by molar-refractivity contribution is -0.0306. The molecule has 7 unspecified atom stereocenters. The molecule has 0 spiro atoms. The molecule has 75 heteroatoms. The number of hydrogen-bond donors (Lipinski definition) is 27. The van der Waals surface area contributed by atoms with Crippen molar-refractivity contribution in [3.8, 4) is 0 Å². The Balaban J connectivity index is 0.000000151. The van der Waals surface area contributed by atoms with E-state index >= 15 is 0 Å². The lowest BCUT2D eigenvalue weighted by atomic mass is 10.0. The number of aromatic amines is 1.